The lowest BCUT2D eigenvalue weighted by atomic mass is 10.4. The third-order valence-electron chi connectivity index (χ3n) is 2.72. The van der Waals surface area contributed by atoms with Crippen molar-refractivity contribution in [2.45, 2.75) is 25.3 Å². The second kappa shape index (κ2) is 10.6. The molecule has 2 N–H and O–H groups in total. The van der Waals surface area contributed by atoms with E-state index in [2.05, 4.69) is 26.4 Å². The Morgan fingerprint density at radius 1 is 1.48 bits per heavy atom. The van der Waals surface area contributed by atoms with Gasteiger partial charge in [0.05, 0.1) is 24.9 Å². The molecule has 0 amide bonds. The maximum absolute atomic E-state index is 8.68. The molecule has 1 heterocycles. The molecule has 0 aliphatic heterocycles. The molecular weight excluding hydrogens is 310 g/mol. The number of nitriles is 1. The minimum absolute atomic E-state index is 0.180. The smallest absolute Gasteiger partial charge is 0.205 e. The Bertz CT molecular complexity index is 582. The summed E-state index contributed by atoms with van der Waals surface area (Å²) in [4.78, 5) is 6.36. The highest BCUT2D eigenvalue weighted by atomic mass is 32.2. The minimum atomic E-state index is -0.180. The van der Waals surface area contributed by atoms with Crippen LogP contribution in [0.25, 0.3) is 0 Å². The van der Waals surface area contributed by atoms with Gasteiger partial charge in [0.1, 0.15) is 11.5 Å². The first kappa shape index (κ1) is 19.0. The third-order valence-corrected chi connectivity index (χ3v) is 3.68. The van der Waals surface area contributed by atoms with Crippen LogP contribution in [0.4, 0.5) is 0 Å². The number of furan rings is 1. The van der Waals surface area contributed by atoms with Gasteiger partial charge in [0, 0.05) is 5.75 Å². The molecule has 1 aromatic rings. The van der Waals surface area contributed by atoms with Gasteiger partial charge >= 0.3 is 0 Å². The van der Waals surface area contributed by atoms with Crippen LogP contribution in [0, 0.1) is 23.8 Å². The molecule has 23 heavy (non-hydrogen) atoms. The largest absolute Gasteiger partial charge is 0.464 e. The van der Waals surface area contributed by atoms with Crippen LogP contribution in [0.15, 0.2) is 21.5 Å². The maximum atomic E-state index is 8.68. The van der Waals surface area contributed by atoms with Crippen molar-refractivity contribution in [3.05, 3.63) is 23.7 Å². The van der Waals surface area contributed by atoms with Gasteiger partial charge in [-0.2, -0.15) is 17.0 Å². The van der Waals surface area contributed by atoms with E-state index in [1.165, 1.54) is 0 Å². The minimum Gasteiger partial charge on any atom is -0.464 e. The van der Waals surface area contributed by atoms with Crippen molar-refractivity contribution in [2.24, 2.45) is 4.99 Å². The number of nitrogens with zero attached hydrogens (tertiary/aromatic N) is 3. The molecule has 0 saturated carbocycles. The number of hydrogen-bond donors (Lipinski definition) is 2. The number of thioether (sulfide) groups is 1. The molecule has 1 aromatic heterocycles. The number of terminal acetylenes is 1. The van der Waals surface area contributed by atoms with Crippen molar-refractivity contribution in [3.8, 4) is 18.5 Å². The van der Waals surface area contributed by atoms with Gasteiger partial charge in [-0.15, -0.1) is 6.42 Å². The van der Waals surface area contributed by atoms with Crippen LogP contribution in [0.3, 0.4) is 0 Å². The van der Waals surface area contributed by atoms with Crippen LogP contribution in [0.2, 0.25) is 0 Å². The molecule has 1 rings (SSSR count). The Labute approximate surface area is 142 Å². The number of rotatable bonds is 8. The molecule has 0 aliphatic rings. The molecule has 1 atom stereocenters. The van der Waals surface area contributed by atoms with Crippen molar-refractivity contribution in [3.63, 3.8) is 0 Å². The lowest BCUT2D eigenvalue weighted by Crippen LogP contribution is -2.39. The van der Waals surface area contributed by atoms with Gasteiger partial charge in [-0.05, 0) is 33.2 Å². The van der Waals surface area contributed by atoms with Gasteiger partial charge in [-0.3, -0.25) is 10.3 Å². The average Bonchev–Trinajstić information content (AvgIpc) is 2.93. The van der Waals surface area contributed by atoms with Crippen molar-refractivity contribution >= 4 is 17.7 Å². The molecule has 124 valence electrons. The highest BCUT2D eigenvalue weighted by Gasteiger charge is 2.04. The van der Waals surface area contributed by atoms with Gasteiger partial charge in [-0.1, -0.05) is 5.92 Å². The third kappa shape index (κ3) is 8.20. The topological polar surface area (TPSA) is 76.6 Å². The average molecular weight is 333 g/mol. The summed E-state index contributed by atoms with van der Waals surface area (Å²) >= 11 is 1.73. The van der Waals surface area contributed by atoms with E-state index in [4.69, 9.17) is 16.1 Å². The van der Waals surface area contributed by atoms with E-state index in [-0.39, 0.29) is 6.04 Å². The molecule has 6 nitrogen and oxygen atoms in total. The highest BCUT2D eigenvalue weighted by Crippen LogP contribution is 2.16. The van der Waals surface area contributed by atoms with Crippen LogP contribution < -0.4 is 10.6 Å². The normalized spacial score (nSPS) is 12.5. The first-order valence-electron chi connectivity index (χ1n) is 7.27. The number of nitrogens with one attached hydrogen (secondary N) is 2. The van der Waals surface area contributed by atoms with Gasteiger partial charge in [0.2, 0.25) is 5.96 Å². The molecule has 0 fully saturated rings. The molecule has 0 bridgehead atoms. The second-order valence-corrected chi connectivity index (χ2v) is 6.26. The zero-order valence-corrected chi connectivity index (χ0v) is 14.6. The molecule has 0 radical (unpaired) electrons. The number of guanidine groups is 1. The van der Waals surface area contributed by atoms with Crippen LogP contribution in [-0.2, 0) is 12.3 Å². The lowest BCUT2D eigenvalue weighted by molar-refractivity contribution is 0.344. The van der Waals surface area contributed by atoms with E-state index in [1.54, 1.807) is 11.8 Å². The van der Waals surface area contributed by atoms with Crippen molar-refractivity contribution < 1.29 is 4.42 Å². The quantitative estimate of drug-likeness (QED) is 0.188. The summed E-state index contributed by atoms with van der Waals surface area (Å²) in [6, 6.07) is 3.84. The fraction of sp³-hybridized carbons (Fsp3) is 0.500. The standard InChI is InChI=1S/C16H23N5OS/c1-5-13(2)20-16(19-12-17)18-8-9-23-11-15-7-6-14(22-15)10-21(3)4/h1,6-7,13H,8-11H2,2-4H3,(H2,18,19,20). The van der Waals surface area contributed by atoms with Crippen LogP contribution in [-0.4, -0.2) is 43.3 Å². The Hall–Kier alpha value is -2.09. The number of hydrogen-bond acceptors (Lipinski definition) is 5. The zero-order valence-electron chi connectivity index (χ0n) is 13.8. The van der Waals surface area contributed by atoms with Gasteiger partial charge < -0.3 is 14.6 Å². The fourth-order valence-electron chi connectivity index (χ4n) is 1.71. The Kier molecular flexibility index (Phi) is 8.74. The molecule has 0 spiro atoms. The number of aliphatic imine (C=N–C) groups is 1. The predicted molar refractivity (Wildman–Crippen MR) is 94.7 cm³/mol. The zero-order chi connectivity index (χ0) is 17.1. The summed E-state index contributed by atoms with van der Waals surface area (Å²) in [5, 5.41) is 14.1. The van der Waals surface area contributed by atoms with Crippen LogP contribution in [0.1, 0.15) is 18.4 Å². The van der Waals surface area contributed by atoms with E-state index in [1.807, 2.05) is 39.3 Å². The van der Waals surface area contributed by atoms with Crippen molar-refractivity contribution in [2.75, 3.05) is 26.4 Å². The highest BCUT2D eigenvalue weighted by molar-refractivity contribution is 7.98. The Morgan fingerprint density at radius 3 is 2.87 bits per heavy atom. The van der Waals surface area contributed by atoms with Gasteiger partial charge in [-0.25, -0.2) is 0 Å². The molecule has 0 saturated heterocycles. The van der Waals surface area contributed by atoms with Gasteiger partial charge in [0.15, 0.2) is 6.19 Å². The fourth-order valence-corrected chi connectivity index (χ4v) is 2.43. The lowest BCUT2D eigenvalue weighted by Gasteiger charge is -2.10. The summed E-state index contributed by atoms with van der Waals surface area (Å²) < 4.78 is 5.74. The van der Waals surface area contributed by atoms with Crippen LogP contribution in [0.5, 0.6) is 0 Å². The molecule has 0 aliphatic carbocycles. The van der Waals surface area contributed by atoms with Crippen molar-refractivity contribution in [1.29, 1.82) is 5.26 Å². The predicted octanol–water partition coefficient (Wildman–Crippen LogP) is 1.61. The van der Waals surface area contributed by atoms with E-state index in [0.29, 0.717) is 12.5 Å². The van der Waals surface area contributed by atoms with E-state index < -0.39 is 0 Å². The monoisotopic (exact) mass is 333 g/mol. The molecular formula is C16H23N5OS. The summed E-state index contributed by atoms with van der Waals surface area (Å²) in [6.07, 6.45) is 7.14. The van der Waals surface area contributed by atoms with Crippen LogP contribution >= 0.6 is 11.8 Å². The molecule has 7 heteroatoms. The molecule has 1 unspecified atom stereocenters. The van der Waals surface area contributed by atoms with Crippen molar-refractivity contribution in [1.82, 2.24) is 15.5 Å². The summed E-state index contributed by atoms with van der Waals surface area (Å²) in [6.45, 7) is 3.22. The summed E-state index contributed by atoms with van der Waals surface area (Å²) in [5.74, 6) is 6.50. The first-order valence-corrected chi connectivity index (χ1v) is 8.43. The second-order valence-electron chi connectivity index (χ2n) is 5.16. The molecule has 0 aromatic carbocycles. The van der Waals surface area contributed by atoms with E-state index >= 15 is 0 Å². The summed E-state index contributed by atoms with van der Waals surface area (Å²) in [5.41, 5.74) is 0. The Morgan fingerprint density at radius 2 is 2.22 bits per heavy atom. The van der Waals surface area contributed by atoms with E-state index in [0.717, 1.165) is 29.6 Å². The maximum Gasteiger partial charge on any atom is 0.205 e. The SMILES string of the molecule is C#CC(C)N/C(=N/CCSCc1ccc(CN(C)C)o1)NC#N. The Balaban J connectivity index is 2.32. The first-order chi connectivity index (χ1) is 11.0. The van der Waals surface area contributed by atoms with E-state index in [9.17, 15) is 0 Å². The van der Waals surface area contributed by atoms with Gasteiger partial charge in [0.25, 0.3) is 0 Å². The summed E-state index contributed by atoms with van der Waals surface area (Å²) in [7, 11) is 4.02.